The van der Waals surface area contributed by atoms with Gasteiger partial charge in [-0.15, -0.1) is 0 Å². The van der Waals surface area contributed by atoms with E-state index in [0.717, 1.165) is 10.8 Å². The molecule has 1 aromatic heterocycles. The molecule has 0 unspecified atom stereocenters. The second kappa shape index (κ2) is 5.20. The summed E-state index contributed by atoms with van der Waals surface area (Å²) in [4.78, 5) is 16.4. The van der Waals surface area contributed by atoms with Crippen LogP contribution in [0.25, 0.3) is 10.8 Å². The van der Waals surface area contributed by atoms with Crippen LogP contribution in [0.2, 0.25) is 0 Å². The Labute approximate surface area is 120 Å². The number of carbonyl (C=O) groups is 1. The topological polar surface area (TPSA) is 68.0 Å². The number of nitrogens with one attached hydrogen (secondary N) is 1. The molecule has 0 bridgehead atoms. The van der Waals surface area contributed by atoms with Crippen LogP contribution in [-0.4, -0.2) is 10.9 Å². The normalized spacial score (nSPS) is 10.5. The average Bonchev–Trinajstić information content (AvgIpc) is 2.50. The summed E-state index contributed by atoms with van der Waals surface area (Å²) in [6, 6.07) is 13.4. The summed E-state index contributed by atoms with van der Waals surface area (Å²) in [7, 11) is 0. The van der Waals surface area contributed by atoms with Gasteiger partial charge in [-0.1, -0.05) is 24.3 Å². The predicted molar refractivity (Wildman–Crippen MR) is 80.5 cm³/mol. The van der Waals surface area contributed by atoms with Gasteiger partial charge in [0.25, 0.3) is 5.91 Å². The molecule has 104 valence electrons. The van der Waals surface area contributed by atoms with E-state index < -0.39 is 11.7 Å². The van der Waals surface area contributed by atoms with Crippen LogP contribution >= 0.6 is 0 Å². The number of pyridine rings is 1. The van der Waals surface area contributed by atoms with Gasteiger partial charge in [-0.25, -0.2) is 4.39 Å². The van der Waals surface area contributed by atoms with Crippen LogP contribution < -0.4 is 11.1 Å². The number of nitrogens with two attached hydrogens (primary N) is 1. The Balaban J connectivity index is 1.95. The van der Waals surface area contributed by atoms with E-state index in [-0.39, 0.29) is 5.69 Å². The van der Waals surface area contributed by atoms with E-state index >= 15 is 0 Å². The number of hydrogen-bond acceptors (Lipinski definition) is 3. The Morgan fingerprint density at radius 2 is 1.95 bits per heavy atom. The van der Waals surface area contributed by atoms with Gasteiger partial charge in [-0.2, -0.15) is 0 Å². The molecular formula is C16H12FN3O. The molecule has 3 N–H and O–H groups in total. The molecule has 0 saturated carbocycles. The second-order valence-electron chi connectivity index (χ2n) is 4.57. The molecule has 0 atom stereocenters. The molecule has 3 rings (SSSR count). The van der Waals surface area contributed by atoms with Crippen molar-refractivity contribution in [3.05, 3.63) is 66.2 Å². The van der Waals surface area contributed by atoms with Crippen molar-refractivity contribution in [3.63, 3.8) is 0 Å². The van der Waals surface area contributed by atoms with Gasteiger partial charge in [-0.05, 0) is 29.7 Å². The maximum absolute atomic E-state index is 13.4. The highest BCUT2D eigenvalue weighted by Crippen LogP contribution is 2.19. The molecule has 0 aliphatic carbocycles. The van der Waals surface area contributed by atoms with Crippen molar-refractivity contribution in [1.82, 2.24) is 4.98 Å². The third kappa shape index (κ3) is 2.53. The second-order valence-corrected chi connectivity index (χ2v) is 4.57. The number of anilines is 2. The van der Waals surface area contributed by atoms with E-state index in [1.165, 1.54) is 12.1 Å². The Morgan fingerprint density at radius 1 is 1.14 bits per heavy atom. The average molecular weight is 281 g/mol. The van der Waals surface area contributed by atoms with Gasteiger partial charge in [0.2, 0.25) is 0 Å². The quantitative estimate of drug-likeness (QED) is 0.709. The molecule has 1 heterocycles. The first-order chi connectivity index (χ1) is 10.1. The number of rotatable bonds is 2. The third-order valence-corrected chi connectivity index (χ3v) is 3.15. The molecule has 4 nitrogen and oxygen atoms in total. The fourth-order valence-corrected chi connectivity index (χ4v) is 2.10. The lowest BCUT2D eigenvalue weighted by atomic mass is 10.1. The lowest BCUT2D eigenvalue weighted by Gasteiger charge is -2.08. The summed E-state index contributed by atoms with van der Waals surface area (Å²) in [6.45, 7) is 0. The minimum atomic E-state index is -0.571. The minimum Gasteiger partial charge on any atom is -0.396 e. The summed E-state index contributed by atoms with van der Waals surface area (Å²) < 4.78 is 13.4. The molecule has 0 aliphatic rings. The smallest absolute Gasteiger partial charge is 0.274 e. The van der Waals surface area contributed by atoms with Gasteiger partial charge in [0.15, 0.2) is 0 Å². The molecule has 0 saturated heterocycles. The Hall–Kier alpha value is -2.95. The molecule has 2 aromatic carbocycles. The lowest BCUT2D eigenvalue weighted by molar-refractivity contribution is 0.102. The molecule has 0 fully saturated rings. The van der Waals surface area contributed by atoms with E-state index in [1.807, 2.05) is 30.3 Å². The largest absolute Gasteiger partial charge is 0.396 e. The maximum atomic E-state index is 13.4. The fourth-order valence-electron chi connectivity index (χ4n) is 2.10. The Bertz CT molecular complexity index is 827. The molecule has 5 heteroatoms. The number of carbonyl (C=O) groups excluding carboxylic acids is 1. The lowest BCUT2D eigenvalue weighted by Crippen LogP contribution is -2.14. The molecular weight excluding hydrogens is 269 g/mol. The highest BCUT2D eigenvalue weighted by molar-refractivity contribution is 6.11. The van der Waals surface area contributed by atoms with Crippen molar-refractivity contribution >= 4 is 28.1 Å². The zero-order valence-corrected chi connectivity index (χ0v) is 11.0. The van der Waals surface area contributed by atoms with Gasteiger partial charge in [-0.3, -0.25) is 9.78 Å². The summed E-state index contributed by atoms with van der Waals surface area (Å²) in [5, 5.41) is 4.28. The number of halogens is 1. The number of hydrogen-bond donors (Lipinski definition) is 2. The van der Waals surface area contributed by atoms with Crippen LogP contribution in [0.5, 0.6) is 0 Å². The number of amides is 1. The van der Waals surface area contributed by atoms with E-state index in [2.05, 4.69) is 10.3 Å². The van der Waals surface area contributed by atoms with Crippen LogP contribution in [0.4, 0.5) is 15.8 Å². The number of nitrogens with zero attached hydrogens (tertiary/aromatic N) is 1. The highest BCUT2D eigenvalue weighted by atomic mass is 19.1. The summed E-state index contributed by atoms with van der Waals surface area (Å²) >= 11 is 0. The summed E-state index contributed by atoms with van der Waals surface area (Å²) in [5.41, 5.74) is 6.07. The van der Waals surface area contributed by atoms with Gasteiger partial charge < -0.3 is 11.1 Å². The van der Waals surface area contributed by atoms with Crippen molar-refractivity contribution < 1.29 is 9.18 Å². The van der Waals surface area contributed by atoms with Gasteiger partial charge >= 0.3 is 0 Å². The van der Waals surface area contributed by atoms with Crippen LogP contribution in [-0.2, 0) is 0 Å². The van der Waals surface area contributed by atoms with Crippen LogP contribution in [0.1, 0.15) is 10.5 Å². The maximum Gasteiger partial charge on any atom is 0.274 e. The molecule has 1 amide bonds. The molecule has 0 spiro atoms. The fraction of sp³-hybridized carbons (Fsp3) is 0. The van der Waals surface area contributed by atoms with Crippen LogP contribution in [0, 0.1) is 5.82 Å². The van der Waals surface area contributed by atoms with Crippen molar-refractivity contribution in [1.29, 1.82) is 0 Å². The van der Waals surface area contributed by atoms with Crippen molar-refractivity contribution in [3.8, 4) is 0 Å². The zero-order chi connectivity index (χ0) is 14.8. The summed E-state index contributed by atoms with van der Waals surface area (Å²) in [5.74, 6) is -0.963. The van der Waals surface area contributed by atoms with E-state index in [1.54, 1.807) is 12.3 Å². The van der Waals surface area contributed by atoms with Gasteiger partial charge in [0.1, 0.15) is 11.5 Å². The molecule has 0 aliphatic heterocycles. The van der Waals surface area contributed by atoms with Crippen LogP contribution in [0.15, 0.2) is 54.7 Å². The van der Waals surface area contributed by atoms with E-state index in [4.69, 9.17) is 5.73 Å². The van der Waals surface area contributed by atoms with Crippen molar-refractivity contribution in [2.75, 3.05) is 11.1 Å². The first-order valence-corrected chi connectivity index (χ1v) is 6.35. The highest BCUT2D eigenvalue weighted by Gasteiger charge is 2.12. The van der Waals surface area contributed by atoms with E-state index in [9.17, 15) is 9.18 Å². The first kappa shape index (κ1) is 13.1. The standard InChI is InChI=1S/C16H12FN3O/c17-13-9-11(5-6-14(13)18)20-16(21)15-12-4-2-1-3-10(12)7-8-19-15/h1-9H,18H2,(H,20,21). The molecule has 3 aromatic rings. The monoisotopic (exact) mass is 281 g/mol. The van der Waals surface area contributed by atoms with Gasteiger partial charge in [0.05, 0.1) is 5.69 Å². The first-order valence-electron chi connectivity index (χ1n) is 6.35. The van der Waals surface area contributed by atoms with Crippen LogP contribution in [0.3, 0.4) is 0 Å². The number of benzene rings is 2. The van der Waals surface area contributed by atoms with E-state index in [0.29, 0.717) is 11.4 Å². The molecule has 0 radical (unpaired) electrons. The minimum absolute atomic E-state index is 0.0382. The number of fused-ring (bicyclic) bond motifs is 1. The summed E-state index contributed by atoms with van der Waals surface area (Å²) in [6.07, 6.45) is 1.57. The van der Waals surface area contributed by atoms with Crippen molar-refractivity contribution in [2.24, 2.45) is 0 Å². The third-order valence-electron chi connectivity index (χ3n) is 3.15. The SMILES string of the molecule is Nc1ccc(NC(=O)c2nccc3ccccc23)cc1F. The zero-order valence-electron chi connectivity index (χ0n) is 11.0. The number of aromatic nitrogens is 1. The Kier molecular flexibility index (Phi) is 3.23. The predicted octanol–water partition coefficient (Wildman–Crippen LogP) is 3.21. The molecule has 21 heavy (non-hydrogen) atoms. The Morgan fingerprint density at radius 3 is 2.76 bits per heavy atom. The van der Waals surface area contributed by atoms with Gasteiger partial charge in [0, 0.05) is 17.3 Å². The number of nitrogen functional groups attached to an aromatic ring is 1. The van der Waals surface area contributed by atoms with Crippen molar-refractivity contribution in [2.45, 2.75) is 0 Å².